The van der Waals surface area contributed by atoms with Gasteiger partial charge in [-0.1, -0.05) is 30.3 Å². The van der Waals surface area contributed by atoms with Crippen molar-refractivity contribution in [2.75, 3.05) is 46.0 Å². The molecule has 0 radical (unpaired) electrons. The standard InChI is InChI=1S/C31H38N2O5S/c34-30(35)9-2-1-5-19-38-29-8-4-3-7-27(29)23-33(16-6-15-32-17-20-37-21-18-32)31(36)26-12-10-25(11-13-26)28-14-22-39-24-28/h3-4,7-8,10-14,22,24H,1-2,5-6,9,15-21,23H2,(H,34,35)/i16D. The van der Waals surface area contributed by atoms with E-state index in [0.29, 0.717) is 44.0 Å². The van der Waals surface area contributed by atoms with Crippen LogP contribution in [0, 0.1) is 0 Å². The number of amides is 1. The number of hydrogen-bond donors (Lipinski definition) is 1. The summed E-state index contributed by atoms with van der Waals surface area (Å²) in [6, 6.07) is 17.3. The lowest BCUT2D eigenvalue weighted by molar-refractivity contribution is -0.137. The molecule has 1 amide bonds. The molecule has 2 aromatic carbocycles. The zero-order valence-corrected chi connectivity index (χ0v) is 23.1. The molecular weight excluding hydrogens is 512 g/mol. The molecule has 0 saturated carbocycles. The third-order valence-corrected chi connectivity index (χ3v) is 7.43. The summed E-state index contributed by atoms with van der Waals surface area (Å²) in [5, 5.41) is 12.9. The monoisotopic (exact) mass is 551 g/mol. The van der Waals surface area contributed by atoms with E-state index in [2.05, 4.69) is 16.3 Å². The van der Waals surface area contributed by atoms with Crippen molar-refractivity contribution in [3.63, 3.8) is 0 Å². The highest BCUT2D eigenvalue weighted by Crippen LogP contribution is 2.25. The van der Waals surface area contributed by atoms with Gasteiger partial charge in [0.2, 0.25) is 0 Å². The van der Waals surface area contributed by atoms with E-state index in [0.717, 1.165) is 49.2 Å². The average molecular weight is 552 g/mol. The molecule has 2 heterocycles. The first-order valence-electron chi connectivity index (χ1n) is 14.2. The van der Waals surface area contributed by atoms with Gasteiger partial charge in [0, 0.05) is 51.6 Å². The number of carboxylic acid groups (broad SMARTS) is 1. The first kappa shape index (κ1) is 27.4. The highest BCUT2D eigenvalue weighted by Gasteiger charge is 2.19. The molecule has 0 aliphatic carbocycles. The Balaban J connectivity index is 1.46. The van der Waals surface area contributed by atoms with E-state index in [1.807, 2.05) is 53.9 Å². The van der Waals surface area contributed by atoms with Crippen LogP contribution in [0.3, 0.4) is 0 Å². The van der Waals surface area contributed by atoms with Crippen molar-refractivity contribution in [1.82, 2.24) is 9.80 Å². The zero-order valence-electron chi connectivity index (χ0n) is 23.3. The molecule has 1 atom stereocenters. The molecule has 1 unspecified atom stereocenters. The van der Waals surface area contributed by atoms with E-state index >= 15 is 0 Å². The summed E-state index contributed by atoms with van der Waals surface area (Å²) in [5.41, 5.74) is 3.58. The Kier molecular flexibility index (Phi) is 10.8. The molecule has 208 valence electrons. The Morgan fingerprint density at radius 3 is 2.54 bits per heavy atom. The van der Waals surface area contributed by atoms with Gasteiger partial charge in [-0.05, 0) is 71.8 Å². The number of aliphatic carboxylic acids is 1. The van der Waals surface area contributed by atoms with Gasteiger partial charge >= 0.3 is 5.97 Å². The van der Waals surface area contributed by atoms with Crippen molar-refractivity contribution in [2.45, 2.75) is 38.6 Å². The predicted molar refractivity (Wildman–Crippen MR) is 154 cm³/mol. The first-order valence-corrected chi connectivity index (χ1v) is 14.5. The molecule has 3 aromatic rings. The largest absolute Gasteiger partial charge is 0.493 e. The molecule has 7 nitrogen and oxygen atoms in total. The number of rotatable bonds is 15. The Hall–Kier alpha value is -3.20. The van der Waals surface area contributed by atoms with E-state index in [1.54, 1.807) is 16.2 Å². The van der Waals surface area contributed by atoms with Gasteiger partial charge in [0.15, 0.2) is 0 Å². The molecule has 0 spiro atoms. The van der Waals surface area contributed by atoms with Crippen LogP contribution in [0.4, 0.5) is 0 Å². The summed E-state index contributed by atoms with van der Waals surface area (Å²) < 4.78 is 20.5. The molecule has 1 N–H and O–H groups in total. The molecule has 1 saturated heterocycles. The topological polar surface area (TPSA) is 79.3 Å². The van der Waals surface area contributed by atoms with Crippen molar-refractivity contribution in [3.05, 3.63) is 76.5 Å². The molecule has 4 rings (SSSR count). The number of benzene rings is 2. The quantitative estimate of drug-likeness (QED) is 0.241. The Labute approximate surface area is 236 Å². The lowest BCUT2D eigenvalue weighted by atomic mass is 10.1. The van der Waals surface area contributed by atoms with Crippen molar-refractivity contribution in [2.24, 2.45) is 0 Å². The number of unbranched alkanes of at least 4 members (excludes halogenated alkanes) is 2. The van der Waals surface area contributed by atoms with Crippen LogP contribution in [0.1, 0.15) is 49.4 Å². The molecule has 39 heavy (non-hydrogen) atoms. The van der Waals surface area contributed by atoms with Crippen LogP contribution in [0.15, 0.2) is 65.4 Å². The summed E-state index contributed by atoms with van der Waals surface area (Å²) in [6.07, 6.45) is 2.85. The number of morpholine rings is 1. The summed E-state index contributed by atoms with van der Waals surface area (Å²) in [4.78, 5) is 28.5. The van der Waals surface area contributed by atoms with Crippen molar-refractivity contribution in [1.29, 1.82) is 0 Å². The number of carbonyl (C=O) groups is 2. The van der Waals surface area contributed by atoms with Gasteiger partial charge in [-0.3, -0.25) is 14.5 Å². The lowest BCUT2D eigenvalue weighted by Gasteiger charge is -2.29. The summed E-state index contributed by atoms with van der Waals surface area (Å²) in [6.45, 7) is 3.81. The Morgan fingerprint density at radius 2 is 1.79 bits per heavy atom. The highest BCUT2D eigenvalue weighted by atomic mass is 32.1. The van der Waals surface area contributed by atoms with Crippen LogP contribution in [0.25, 0.3) is 11.1 Å². The van der Waals surface area contributed by atoms with Gasteiger partial charge in [0.1, 0.15) is 5.75 Å². The normalized spacial score (nSPS) is 14.9. The molecule has 1 aliphatic rings. The van der Waals surface area contributed by atoms with Crippen molar-refractivity contribution >= 4 is 23.2 Å². The fourth-order valence-corrected chi connectivity index (χ4v) is 5.20. The van der Waals surface area contributed by atoms with Crippen LogP contribution in [0.5, 0.6) is 5.75 Å². The molecule has 0 bridgehead atoms. The minimum atomic E-state index is -0.782. The number of para-hydroxylation sites is 1. The third kappa shape index (κ3) is 9.20. The van der Waals surface area contributed by atoms with Crippen LogP contribution in [-0.2, 0) is 16.1 Å². The average Bonchev–Trinajstić information content (AvgIpc) is 3.52. The number of ether oxygens (including phenoxy) is 2. The van der Waals surface area contributed by atoms with Gasteiger partial charge in [-0.2, -0.15) is 11.3 Å². The van der Waals surface area contributed by atoms with Gasteiger partial charge in [0.05, 0.1) is 19.8 Å². The zero-order chi connectivity index (χ0) is 28.2. The molecule has 1 aliphatic heterocycles. The number of hydrogen-bond acceptors (Lipinski definition) is 6. The van der Waals surface area contributed by atoms with E-state index in [4.69, 9.17) is 16.0 Å². The van der Waals surface area contributed by atoms with Crippen LogP contribution < -0.4 is 4.74 Å². The number of nitrogens with zero attached hydrogens (tertiary/aromatic N) is 2. The predicted octanol–water partition coefficient (Wildman–Crippen LogP) is 5.80. The van der Waals surface area contributed by atoms with E-state index in [-0.39, 0.29) is 18.9 Å². The second-order valence-corrected chi connectivity index (χ2v) is 10.4. The Bertz CT molecular complexity index is 1200. The minimum Gasteiger partial charge on any atom is -0.493 e. The van der Waals surface area contributed by atoms with Gasteiger partial charge in [0.25, 0.3) is 5.91 Å². The lowest BCUT2D eigenvalue weighted by Crippen LogP contribution is -2.39. The van der Waals surface area contributed by atoms with Crippen LogP contribution >= 0.6 is 11.3 Å². The molecule has 1 aromatic heterocycles. The maximum atomic E-state index is 13.8. The molecule has 8 heteroatoms. The van der Waals surface area contributed by atoms with Crippen LogP contribution in [0.2, 0.25) is 0 Å². The van der Waals surface area contributed by atoms with Crippen LogP contribution in [-0.4, -0.2) is 72.8 Å². The summed E-state index contributed by atoms with van der Waals surface area (Å²) in [7, 11) is 0. The van der Waals surface area contributed by atoms with E-state index in [9.17, 15) is 9.59 Å². The fourth-order valence-electron chi connectivity index (χ4n) is 4.54. The molecule has 1 fully saturated rings. The smallest absolute Gasteiger partial charge is 0.303 e. The number of carboxylic acids is 1. The van der Waals surface area contributed by atoms with Gasteiger partial charge in [-0.25, -0.2) is 0 Å². The van der Waals surface area contributed by atoms with Crippen molar-refractivity contribution in [3.8, 4) is 16.9 Å². The summed E-state index contributed by atoms with van der Waals surface area (Å²) >= 11 is 1.64. The van der Waals surface area contributed by atoms with Gasteiger partial charge in [-0.15, -0.1) is 0 Å². The second-order valence-electron chi connectivity index (χ2n) is 9.61. The third-order valence-electron chi connectivity index (χ3n) is 6.75. The summed E-state index contributed by atoms with van der Waals surface area (Å²) in [5.74, 6) is -0.273. The maximum absolute atomic E-state index is 13.8. The fraction of sp³-hybridized carbons (Fsp3) is 0.419. The number of thiophene rings is 1. The van der Waals surface area contributed by atoms with Crippen molar-refractivity contribution < 1.29 is 25.5 Å². The molecular formula is C31H38N2O5S. The second kappa shape index (κ2) is 15.4. The first-order chi connectivity index (χ1) is 19.5. The number of carbonyl (C=O) groups excluding carboxylic acids is 1. The van der Waals surface area contributed by atoms with E-state index in [1.165, 1.54) is 0 Å². The SMILES string of the molecule is [2H]C(CCN1CCOCC1)N(Cc1ccccc1OCCCCCC(=O)O)C(=O)c1ccc(-c2ccsc2)cc1. The van der Waals surface area contributed by atoms with E-state index < -0.39 is 12.5 Å². The van der Waals surface area contributed by atoms with Gasteiger partial charge < -0.3 is 19.5 Å². The highest BCUT2D eigenvalue weighted by molar-refractivity contribution is 7.08. The maximum Gasteiger partial charge on any atom is 0.303 e. The Morgan fingerprint density at radius 1 is 1.00 bits per heavy atom. The minimum absolute atomic E-state index is 0.164.